The zero-order chi connectivity index (χ0) is 84.5. The zero-order valence-electron chi connectivity index (χ0n) is 74.6. The summed E-state index contributed by atoms with van der Waals surface area (Å²) < 4.78 is 123. The van der Waals surface area contributed by atoms with Gasteiger partial charge in [0.15, 0.2) is 0 Å². The number of nitriles is 1. The topological polar surface area (TPSA) is 45.1 Å². The summed E-state index contributed by atoms with van der Waals surface area (Å²) in [6, 6.07) is 75.1. The predicted molar refractivity (Wildman–Crippen MR) is 459 cm³/mol. The fourth-order valence-electron chi connectivity index (χ4n) is 16.8. The van der Waals surface area contributed by atoms with Gasteiger partial charge in [0.05, 0.1) is 72.2 Å². The fourth-order valence-corrected chi connectivity index (χ4v) is 16.8. The van der Waals surface area contributed by atoms with Gasteiger partial charge >= 0.3 is 0 Å². The van der Waals surface area contributed by atoms with E-state index in [1.54, 1.807) is 4.57 Å². The van der Waals surface area contributed by atoms with Crippen LogP contribution in [-0.2, 0) is 21.7 Å². The summed E-state index contributed by atoms with van der Waals surface area (Å²) in [6.07, 6.45) is 0. The highest BCUT2D eigenvalue weighted by Gasteiger charge is 2.46. The Morgan fingerprint density at radius 1 is 0.315 bits per heavy atom. The van der Waals surface area contributed by atoms with Crippen LogP contribution < -0.4 is 26.2 Å². The minimum absolute atomic E-state index is 0.0281. The van der Waals surface area contributed by atoms with Crippen LogP contribution in [0.4, 0.5) is 34.1 Å². The summed E-state index contributed by atoms with van der Waals surface area (Å²) in [5.74, 6) is 0. The Morgan fingerprint density at radius 2 is 0.815 bits per heavy atom. The molecule has 2 aliphatic rings. The average Bonchev–Trinajstić information content (AvgIpc) is 1.16. The maximum atomic E-state index is 11.7. The van der Waals surface area contributed by atoms with Crippen molar-refractivity contribution in [1.82, 2.24) is 13.7 Å². The lowest BCUT2D eigenvalue weighted by Gasteiger charge is -2.45. The molecule has 7 heteroatoms. The standard InChI is InChI=1S/C101H85BN6/c1-98(2,3)68-33-27-32-65(52-68)66-43-49-91-84(53-66)102-83-48-47-73(104-89-50-44-69(99(4,5)6)54-81(89)82-55-70(100(7,8)9)45-51-90(82)104)59-93(83)105(72-46-42-67(62-103)92(58-72)107-87-40-25-21-36-77(87)78-37-22-26-41-88(78)107)94-60-74(106-85-38-23-19-34-75(85)76-35-20-24-39-86(76)106)61-95(96(94)102)108(91)97-79(63-28-15-13-16-29-63)56-71(101(10,11)12)57-80(97)64-30-17-14-18-31-64/h13-61H,1-12H3/i19D,20D,23D,24D,27D,32D,33D,34D,35D,38D,39D,52D. The van der Waals surface area contributed by atoms with E-state index in [2.05, 4.69) is 215 Å². The summed E-state index contributed by atoms with van der Waals surface area (Å²) >= 11 is 0. The number of fused-ring (bicyclic) bond motifs is 13. The summed E-state index contributed by atoms with van der Waals surface area (Å²) in [5, 5.41) is 15.6. The Kier molecular flexibility index (Phi) is 12.2. The van der Waals surface area contributed by atoms with E-state index in [-0.39, 0.29) is 68.1 Å². The number of hydrogen-bond acceptors (Lipinski definition) is 3. The van der Waals surface area contributed by atoms with Gasteiger partial charge in [-0.3, -0.25) is 0 Å². The van der Waals surface area contributed by atoms with Crippen molar-refractivity contribution >= 4 is 123 Å². The van der Waals surface area contributed by atoms with Crippen molar-refractivity contribution in [3.05, 3.63) is 325 Å². The van der Waals surface area contributed by atoms with E-state index in [9.17, 15) is 21.7 Å². The number of para-hydroxylation sites is 4. The van der Waals surface area contributed by atoms with Crippen LogP contribution in [0.1, 0.15) is 127 Å². The van der Waals surface area contributed by atoms with E-state index in [4.69, 9.17) is 0 Å². The minimum Gasteiger partial charge on any atom is -0.311 e. The van der Waals surface area contributed by atoms with Crippen LogP contribution >= 0.6 is 0 Å². The highest BCUT2D eigenvalue weighted by atomic mass is 15.2. The Labute approximate surface area is 650 Å². The van der Waals surface area contributed by atoms with E-state index in [0.717, 1.165) is 99.2 Å². The van der Waals surface area contributed by atoms with Gasteiger partial charge in [-0.1, -0.05) is 271 Å². The first-order valence-corrected chi connectivity index (χ1v) is 37.2. The molecule has 19 rings (SSSR count). The van der Waals surface area contributed by atoms with Gasteiger partial charge in [-0.2, -0.15) is 5.26 Å². The molecule has 0 spiro atoms. The third kappa shape index (κ3) is 10.5. The zero-order valence-corrected chi connectivity index (χ0v) is 62.6. The van der Waals surface area contributed by atoms with Gasteiger partial charge < -0.3 is 23.5 Å². The van der Waals surface area contributed by atoms with Crippen molar-refractivity contribution in [2.75, 3.05) is 9.80 Å². The Morgan fingerprint density at radius 3 is 1.38 bits per heavy atom. The summed E-state index contributed by atoms with van der Waals surface area (Å²) in [4.78, 5) is 4.50. The summed E-state index contributed by atoms with van der Waals surface area (Å²) in [7, 11) is 0. The van der Waals surface area contributed by atoms with Crippen molar-refractivity contribution in [3.8, 4) is 56.5 Å². The molecule has 0 radical (unpaired) electrons. The highest BCUT2D eigenvalue weighted by molar-refractivity contribution is 7.00. The van der Waals surface area contributed by atoms with Gasteiger partial charge in [-0.05, 0) is 192 Å². The highest BCUT2D eigenvalue weighted by Crippen LogP contribution is 2.54. The first-order chi connectivity index (χ1) is 57.1. The monoisotopic (exact) mass is 1400 g/mol. The van der Waals surface area contributed by atoms with Gasteiger partial charge in [0.2, 0.25) is 0 Å². The van der Waals surface area contributed by atoms with Crippen LogP contribution in [0.3, 0.4) is 0 Å². The largest absolute Gasteiger partial charge is 0.311 e. The van der Waals surface area contributed by atoms with Gasteiger partial charge in [0.25, 0.3) is 6.71 Å². The summed E-state index contributed by atoms with van der Waals surface area (Å²) in [5.41, 5.74) is 17.8. The molecular weight excluding hydrogens is 1310 g/mol. The third-order valence-corrected chi connectivity index (χ3v) is 22.3. The van der Waals surface area contributed by atoms with Crippen molar-refractivity contribution in [2.45, 2.75) is 105 Å². The van der Waals surface area contributed by atoms with Gasteiger partial charge in [0.1, 0.15) is 6.07 Å². The second kappa shape index (κ2) is 24.3. The predicted octanol–water partition coefficient (Wildman–Crippen LogP) is 25.1. The molecule has 522 valence electrons. The normalized spacial score (nSPS) is 14.7. The molecular formula is C101H85BN6. The first-order valence-electron chi connectivity index (χ1n) is 43.2. The van der Waals surface area contributed by atoms with Gasteiger partial charge in [-0.25, -0.2) is 0 Å². The maximum Gasteiger partial charge on any atom is 0.252 e. The fraction of sp³-hybridized carbons (Fsp3) is 0.158. The molecule has 0 N–H and O–H groups in total. The van der Waals surface area contributed by atoms with Crippen molar-refractivity contribution in [2.24, 2.45) is 0 Å². The van der Waals surface area contributed by atoms with Crippen LogP contribution in [-0.4, -0.2) is 20.4 Å². The van der Waals surface area contributed by atoms with E-state index < -0.39 is 65.9 Å². The van der Waals surface area contributed by atoms with Crippen LogP contribution in [0.25, 0.3) is 116 Å². The lowest BCUT2D eigenvalue weighted by Crippen LogP contribution is -2.61. The molecule has 0 saturated heterocycles. The Bertz CT molecular complexity index is 7130. The van der Waals surface area contributed by atoms with E-state index in [1.807, 2.05) is 118 Å². The second-order valence-corrected chi connectivity index (χ2v) is 33.2. The molecule has 14 aromatic carbocycles. The number of benzene rings is 14. The third-order valence-electron chi connectivity index (χ3n) is 22.3. The lowest BCUT2D eigenvalue weighted by atomic mass is 9.33. The molecule has 0 saturated carbocycles. The smallest absolute Gasteiger partial charge is 0.252 e. The van der Waals surface area contributed by atoms with Crippen molar-refractivity contribution in [1.29, 1.82) is 5.26 Å². The number of rotatable bonds is 8. The molecule has 0 unspecified atom stereocenters. The molecule has 0 amide bonds. The molecule has 6 nitrogen and oxygen atoms in total. The molecule has 0 aliphatic carbocycles. The molecule has 0 fully saturated rings. The number of hydrogen-bond donors (Lipinski definition) is 0. The van der Waals surface area contributed by atoms with Crippen LogP contribution in [0.5, 0.6) is 0 Å². The van der Waals surface area contributed by atoms with Crippen LogP contribution in [0.15, 0.2) is 297 Å². The van der Waals surface area contributed by atoms with Crippen LogP contribution in [0, 0.1) is 11.3 Å². The van der Waals surface area contributed by atoms with Crippen molar-refractivity contribution < 1.29 is 16.4 Å². The van der Waals surface area contributed by atoms with Crippen molar-refractivity contribution in [3.63, 3.8) is 0 Å². The molecule has 0 atom stereocenters. The SMILES string of the molecule is [2H]c1c([2H])c(-c2ccc3c(c2)B2c4ccc(-n5c6ccc(C(C)(C)C)cc6c6cc(C(C)(C)C)ccc65)cc4N(c4ccc(C#N)c(-n5c6ccccc6c6ccccc65)c4)c4cc(-n5c6c([2H])c([2H])c([2H])c([2H])c6c6c([2H])c([2H])c([2H])c([2H])c65)cc(c42)N3c2c(-c3ccccc3)cc(C(C)(C)C)cc2-c2ccccc2)c([2H])c(C(C)(C)C)c1[2H]. The second-order valence-electron chi connectivity index (χ2n) is 33.2. The first kappa shape index (κ1) is 54.3. The molecule has 17 aromatic rings. The van der Waals surface area contributed by atoms with E-state index >= 15 is 0 Å². The van der Waals surface area contributed by atoms with E-state index in [1.165, 1.54) is 11.1 Å². The van der Waals surface area contributed by atoms with Gasteiger partial charge in [-0.15, -0.1) is 0 Å². The molecule has 5 heterocycles. The lowest BCUT2D eigenvalue weighted by molar-refractivity contribution is 0.590. The Balaban J connectivity index is 1.05. The number of nitrogens with zero attached hydrogens (tertiary/aromatic N) is 6. The molecule has 108 heavy (non-hydrogen) atoms. The maximum absolute atomic E-state index is 11.7. The Hall–Kier alpha value is -12.4. The number of aromatic nitrogens is 3. The summed E-state index contributed by atoms with van der Waals surface area (Å²) in [6.45, 7) is 25.0. The average molecular weight is 1410 g/mol. The molecule has 0 bridgehead atoms. The minimum atomic E-state index is -0.800. The van der Waals surface area contributed by atoms with E-state index in [0.29, 0.717) is 50.8 Å². The quantitative estimate of drug-likeness (QED) is 0.142. The van der Waals surface area contributed by atoms with Crippen LogP contribution in [0.2, 0.25) is 0 Å². The van der Waals surface area contributed by atoms with Gasteiger partial charge in [0, 0.05) is 77.6 Å². The molecule has 2 aliphatic heterocycles. The number of anilines is 6. The molecule has 3 aromatic heterocycles.